The zero-order chi connectivity index (χ0) is 21.7. The lowest BCUT2D eigenvalue weighted by Gasteiger charge is -2.27. The highest BCUT2D eigenvalue weighted by Crippen LogP contribution is 2.24. The molecule has 9 nitrogen and oxygen atoms in total. The maximum Gasteiger partial charge on any atom is 0.357 e. The third kappa shape index (κ3) is 4.86. The Bertz CT molecular complexity index is 1030. The van der Waals surface area contributed by atoms with Crippen molar-refractivity contribution in [1.82, 2.24) is 9.29 Å². The van der Waals surface area contributed by atoms with Crippen molar-refractivity contribution in [3.05, 3.63) is 40.4 Å². The summed E-state index contributed by atoms with van der Waals surface area (Å²) in [5.41, 5.74) is 0.929. The van der Waals surface area contributed by atoms with Gasteiger partial charge in [-0.05, 0) is 31.0 Å². The lowest BCUT2D eigenvalue weighted by Crippen LogP contribution is -2.41. The molecule has 0 aliphatic carbocycles. The molecule has 0 atom stereocenters. The smallest absolute Gasteiger partial charge is 0.357 e. The first-order valence-corrected chi connectivity index (χ1v) is 11.8. The average molecular weight is 454 g/mol. The molecule has 1 fully saturated rings. The summed E-state index contributed by atoms with van der Waals surface area (Å²) in [6.07, 6.45) is 0.510. The maximum absolute atomic E-state index is 13.1. The summed E-state index contributed by atoms with van der Waals surface area (Å²) >= 11 is 1.08. The lowest BCUT2D eigenvalue weighted by atomic mass is 10.1. The molecule has 1 amide bonds. The van der Waals surface area contributed by atoms with E-state index >= 15 is 0 Å². The van der Waals surface area contributed by atoms with Gasteiger partial charge in [-0.3, -0.25) is 10.1 Å². The number of amides is 1. The summed E-state index contributed by atoms with van der Waals surface area (Å²) in [4.78, 5) is 28.6. The molecule has 11 heteroatoms. The molecule has 1 N–H and O–H groups in total. The second-order valence-electron chi connectivity index (χ2n) is 6.41. The van der Waals surface area contributed by atoms with Crippen LogP contribution in [0.4, 0.5) is 5.13 Å². The van der Waals surface area contributed by atoms with Gasteiger partial charge in [-0.25, -0.2) is 18.2 Å². The Kier molecular flexibility index (Phi) is 7.19. The number of aromatic nitrogens is 1. The number of aryl methyl sites for hydroxylation is 1. The highest BCUT2D eigenvalue weighted by atomic mass is 32.2. The number of thiazole rings is 1. The van der Waals surface area contributed by atoms with Gasteiger partial charge in [0.2, 0.25) is 10.0 Å². The van der Waals surface area contributed by atoms with Crippen LogP contribution in [0.15, 0.2) is 28.5 Å². The van der Waals surface area contributed by atoms with Gasteiger partial charge in [0.25, 0.3) is 5.91 Å². The molecule has 1 aromatic carbocycles. The van der Waals surface area contributed by atoms with Gasteiger partial charge in [0.05, 0.1) is 24.7 Å². The van der Waals surface area contributed by atoms with E-state index in [1.54, 1.807) is 19.1 Å². The number of sulfonamides is 1. The van der Waals surface area contributed by atoms with E-state index in [-0.39, 0.29) is 41.0 Å². The van der Waals surface area contributed by atoms with Gasteiger partial charge in [0, 0.05) is 24.0 Å². The van der Waals surface area contributed by atoms with Crippen molar-refractivity contribution >= 4 is 38.4 Å². The molecule has 0 saturated carbocycles. The number of nitrogens with one attached hydrogen (secondary N) is 1. The largest absolute Gasteiger partial charge is 0.461 e. The Hall–Kier alpha value is -2.34. The molecule has 0 bridgehead atoms. The number of hydrogen-bond acceptors (Lipinski definition) is 8. The molecular weight excluding hydrogens is 430 g/mol. The molecule has 2 heterocycles. The van der Waals surface area contributed by atoms with E-state index in [0.717, 1.165) is 11.3 Å². The average Bonchev–Trinajstić information content (AvgIpc) is 3.22. The van der Waals surface area contributed by atoms with Gasteiger partial charge < -0.3 is 9.47 Å². The molecule has 0 spiro atoms. The molecular formula is C19H23N3O6S2. The van der Waals surface area contributed by atoms with E-state index < -0.39 is 21.9 Å². The van der Waals surface area contributed by atoms with Gasteiger partial charge in [0.1, 0.15) is 0 Å². The fraction of sp³-hybridized carbons (Fsp3) is 0.421. The molecule has 3 rings (SSSR count). The van der Waals surface area contributed by atoms with Gasteiger partial charge >= 0.3 is 5.97 Å². The minimum Gasteiger partial charge on any atom is -0.461 e. The Morgan fingerprint density at radius 2 is 2.00 bits per heavy atom. The number of esters is 1. The normalized spacial score (nSPS) is 15.0. The summed E-state index contributed by atoms with van der Waals surface area (Å²) in [5, 5.41) is 4.31. The van der Waals surface area contributed by atoms with Gasteiger partial charge in [0.15, 0.2) is 10.8 Å². The Morgan fingerprint density at radius 1 is 1.27 bits per heavy atom. The lowest BCUT2D eigenvalue weighted by molar-refractivity contribution is 0.0520. The van der Waals surface area contributed by atoms with Gasteiger partial charge in [-0.2, -0.15) is 4.31 Å². The van der Waals surface area contributed by atoms with Crippen molar-refractivity contribution in [1.29, 1.82) is 0 Å². The van der Waals surface area contributed by atoms with Crippen molar-refractivity contribution in [2.45, 2.75) is 25.2 Å². The number of nitrogens with zero attached hydrogens (tertiary/aromatic N) is 2. The number of hydrogen-bond donors (Lipinski definition) is 1. The van der Waals surface area contributed by atoms with E-state index in [0.29, 0.717) is 25.2 Å². The van der Waals surface area contributed by atoms with E-state index in [9.17, 15) is 18.0 Å². The van der Waals surface area contributed by atoms with Gasteiger partial charge in [-0.15, -0.1) is 11.3 Å². The van der Waals surface area contributed by atoms with Crippen LogP contribution in [-0.2, 0) is 25.9 Å². The van der Waals surface area contributed by atoms with Gasteiger partial charge in [-0.1, -0.05) is 13.0 Å². The third-order valence-corrected chi connectivity index (χ3v) is 7.25. The molecule has 0 radical (unpaired) electrons. The monoisotopic (exact) mass is 453 g/mol. The van der Waals surface area contributed by atoms with Crippen LogP contribution in [0.1, 0.15) is 40.3 Å². The number of anilines is 1. The van der Waals surface area contributed by atoms with Crippen LogP contribution in [0.3, 0.4) is 0 Å². The number of ether oxygens (including phenoxy) is 2. The van der Waals surface area contributed by atoms with Crippen LogP contribution < -0.4 is 5.32 Å². The predicted octanol–water partition coefficient (Wildman–Crippen LogP) is 2.16. The first-order valence-electron chi connectivity index (χ1n) is 9.51. The SMILES string of the molecule is CCOC(=O)c1csc(NC(=O)c2ccc(CC)c(S(=O)(=O)N3CCOCC3)c2)n1. The van der Waals surface area contributed by atoms with Crippen LogP contribution in [0.25, 0.3) is 0 Å². The zero-order valence-corrected chi connectivity index (χ0v) is 18.3. The van der Waals surface area contributed by atoms with Crippen molar-refractivity contribution < 1.29 is 27.5 Å². The second kappa shape index (κ2) is 9.65. The summed E-state index contributed by atoms with van der Waals surface area (Å²) in [6.45, 7) is 5.01. The van der Waals surface area contributed by atoms with E-state index in [1.807, 2.05) is 6.92 Å². The molecule has 1 aliphatic rings. The fourth-order valence-corrected chi connectivity index (χ4v) is 5.36. The number of carbonyl (C=O) groups is 2. The number of rotatable bonds is 7. The molecule has 1 saturated heterocycles. The van der Waals surface area contributed by atoms with Crippen molar-refractivity contribution in [2.24, 2.45) is 0 Å². The number of carbonyl (C=O) groups excluding carboxylic acids is 2. The first kappa shape index (κ1) is 22.3. The molecule has 0 unspecified atom stereocenters. The number of benzene rings is 1. The third-order valence-electron chi connectivity index (χ3n) is 4.51. The fourth-order valence-electron chi connectivity index (χ4n) is 2.95. The van der Waals surface area contributed by atoms with Crippen molar-refractivity contribution in [3.63, 3.8) is 0 Å². The summed E-state index contributed by atoms with van der Waals surface area (Å²) < 4.78 is 37.7. The van der Waals surface area contributed by atoms with Crippen LogP contribution in [0.5, 0.6) is 0 Å². The minimum absolute atomic E-state index is 0.106. The Balaban J connectivity index is 1.83. The standard InChI is InChI=1S/C19H23N3O6S2/c1-3-13-5-6-14(11-16(13)30(25,26)22-7-9-27-10-8-22)17(23)21-19-20-15(12-29-19)18(24)28-4-2/h5-6,11-12H,3-4,7-10H2,1-2H3,(H,20,21,23). The van der Waals surface area contributed by atoms with Crippen LogP contribution in [0.2, 0.25) is 0 Å². The second-order valence-corrected chi connectivity index (χ2v) is 9.17. The quantitative estimate of drug-likeness (QED) is 0.639. The maximum atomic E-state index is 13.1. The summed E-state index contributed by atoms with van der Waals surface area (Å²) in [6, 6.07) is 4.61. The molecule has 1 aliphatic heterocycles. The summed E-state index contributed by atoms with van der Waals surface area (Å²) in [7, 11) is -3.75. The van der Waals surface area contributed by atoms with Crippen molar-refractivity contribution in [3.8, 4) is 0 Å². The first-order chi connectivity index (χ1) is 14.4. The molecule has 162 valence electrons. The zero-order valence-electron chi connectivity index (χ0n) is 16.7. The van der Waals surface area contributed by atoms with E-state index in [1.165, 1.54) is 15.8 Å². The predicted molar refractivity (Wildman–Crippen MR) is 111 cm³/mol. The highest BCUT2D eigenvalue weighted by Gasteiger charge is 2.29. The molecule has 30 heavy (non-hydrogen) atoms. The van der Waals surface area contributed by atoms with E-state index in [4.69, 9.17) is 9.47 Å². The topological polar surface area (TPSA) is 115 Å². The van der Waals surface area contributed by atoms with Crippen LogP contribution in [0, 0.1) is 0 Å². The summed E-state index contributed by atoms with van der Waals surface area (Å²) in [5.74, 6) is -1.08. The van der Waals surface area contributed by atoms with Crippen molar-refractivity contribution in [2.75, 3.05) is 38.2 Å². The Morgan fingerprint density at radius 3 is 2.67 bits per heavy atom. The molecule has 2 aromatic rings. The minimum atomic E-state index is -3.75. The Labute approximate surface area is 179 Å². The molecule has 1 aromatic heterocycles. The van der Waals surface area contributed by atoms with Crippen LogP contribution in [-0.4, -0.2) is 62.5 Å². The highest BCUT2D eigenvalue weighted by molar-refractivity contribution is 7.89. The number of morpholine rings is 1. The van der Waals surface area contributed by atoms with E-state index in [2.05, 4.69) is 10.3 Å². The van der Waals surface area contributed by atoms with Crippen LogP contribution >= 0.6 is 11.3 Å².